The van der Waals surface area contributed by atoms with Crippen molar-refractivity contribution < 1.29 is 0 Å². The summed E-state index contributed by atoms with van der Waals surface area (Å²) in [7, 11) is 0. The topological polar surface area (TPSA) is 81.6 Å². The third-order valence-corrected chi connectivity index (χ3v) is 2.18. The van der Waals surface area contributed by atoms with E-state index in [0.717, 1.165) is 17.9 Å². The van der Waals surface area contributed by atoms with Crippen molar-refractivity contribution in [2.24, 2.45) is 5.84 Å². The average molecular weight is 218 g/mol. The number of aryl methyl sites for hydroxylation is 2. The van der Waals surface area contributed by atoms with Crippen LogP contribution in [0.1, 0.15) is 18.4 Å². The summed E-state index contributed by atoms with van der Waals surface area (Å²) in [5.41, 5.74) is 3.47. The van der Waals surface area contributed by atoms with Crippen molar-refractivity contribution in [2.75, 3.05) is 5.43 Å². The van der Waals surface area contributed by atoms with Gasteiger partial charge in [-0.2, -0.15) is 5.10 Å². The number of aromatic nitrogens is 4. The van der Waals surface area contributed by atoms with Gasteiger partial charge in [0.1, 0.15) is 11.6 Å². The van der Waals surface area contributed by atoms with Gasteiger partial charge in [0.05, 0.1) is 5.69 Å². The van der Waals surface area contributed by atoms with Crippen molar-refractivity contribution in [3.05, 3.63) is 29.8 Å². The van der Waals surface area contributed by atoms with E-state index in [1.165, 1.54) is 0 Å². The molecule has 0 bridgehead atoms. The van der Waals surface area contributed by atoms with Crippen molar-refractivity contribution in [1.29, 1.82) is 0 Å². The first kappa shape index (κ1) is 10.6. The SMILES string of the molecule is CCc1nc(NN)cc(-n2ccc(C)n2)n1. The Morgan fingerprint density at radius 1 is 1.44 bits per heavy atom. The Hall–Kier alpha value is -1.95. The second kappa shape index (κ2) is 4.28. The van der Waals surface area contributed by atoms with Crippen LogP contribution in [0.5, 0.6) is 0 Å². The molecule has 2 heterocycles. The molecule has 0 aliphatic carbocycles. The zero-order valence-electron chi connectivity index (χ0n) is 9.31. The maximum atomic E-state index is 5.36. The van der Waals surface area contributed by atoms with Gasteiger partial charge in [-0.1, -0.05) is 6.92 Å². The van der Waals surface area contributed by atoms with Gasteiger partial charge >= 0.3 is 0 Å². The summed E-state index contributed by atoms with van der Waals surface area (Å²) in [5.74, 6) is 7.40. The lowest BCUT2D eigenvalue weighted by atomic mass is 10.4. The minimum absolute atomic E-state index is 0.593. The van der Waals surface area contributed by atoms with Gasteiger partial charge in [-0.25, -0.2) is 20.5 Å². The molecule has 0 saturated heterocycles. The molecule has 6 heteroatoms. The van der Waals surface area contributed by atoms with Gasteiger partial charge in [0, 0.05) is 18.7 Å². The first-order chi connectivity index (χ1) is 7.72. The zero-order valence-corrected chi connectivity index (χ0v) is 9.31. The number of hydrazine groups is 1. The maximum Gasteiger partial charge on any atom is 0.159 e. The molecule has 0 spiro atoms. The number of hydrogen-bond acceptors (Lipinski definition) is 5. The maximum absolute atomic E-state index is 5.36. The molecule has 0 radical (unpaired) electrons. The molecule has 0 fully saturated rings. The molecule has 0 amide bonds. The third-order valence-electron chi connectivity index (χ3n) is 2.18. The number of hydrogen-bond donors (Lipinski definition) is 2. The summed E-state index contributed by atoms with van der Waals surface area (Å²) in [4.78, 5) is 8.59. The number of anilines is 1. The standard InChI is InChI=1S/C10H14N6/c1-3-8-12-9(14-11)6-10(13-8)16-5-4-7(2)15-16/h4-6H,3,11H2,1-2H3,(H,12,13,14). The Morgan fingerprint density at radius 2 is 2.25 bits per heavy atom. The van der Waals surface area contributed by atoms with Crippen molar-refractivity contribution in [3.63, 3.8) is 0 Å². The molecule has 6 nitrogen and oxygen atoms in total. The lowest BCUT2D eigenvalue weighted by Crippen LogP contribution is -2.12. The van der Waals surface area contributed by atoms with Gasteiger partial charge in [0.25, 0.3) is 0 Å². The number of nitrogen functional groups attached to an aromatic ring is 1. The molecular weight excluding hydrogens is 204 g/mol. The molecule has 0 atom stereocenters. The van der Waals surface area contributed by atoms with Crippen LogP contribution >= 0.6 is 0 Å². The highest BCUT2D eigenvalue weighted by Gasteiger charge is 2.05. The second-order valence-electron chi connectivity index (χ2n) is 3.43. The van der Waals surface area contributed by atoms with Crippen LogP contribution in [0.2, 0.25) is 0 Å². The molecular formula is C10H14N6. The molecule has 3 N–H and O–H groups in total. The minimum atomic E-state index is 0.593. The number of nitrogens with one attached hydrogen (secondary N) is 1. The van der Waals surface area contributed by atoms with E-state index in [-0.39, 0.29) is 0 Å². The van der Waals surface area contributed by atoms with E-state index in [1.54, 1.807) is 10.7 Å². The predicted molar refractivity (Wildman–Crippen MR) is 61.1 cm³/mol. The van der Waals surface area contributed by atoms with E-state index in [0.29, 0.717) is 11.6 Å². The molecule has 0 aliphatic rings. The molecule has 0 aromatic carbocycles. The van der Waals surface area contributed by atoms with Crippen molar-refractivity contribution in [3.8, 4) is 5.82 Å². The van der Waals surface area contributed by atoms with E-state index in [2.05, 4.69) is 20.5 Å². The van der Waals surface area contributed by atoms with E-state index in [4.69, 9.17) is 5.84 Å². The number of nitrogens with zero attached hydrogens (tertiary/aromatic N) is 4. The van der Waals surface area contributed by atoms with E-state index in [9.17, 15) is 0 Å². The lowest BCUT2D eigenvalue weighted by molar-refractivity contribution is 0.804. The Bertz CT molecular complexity index is 468. The van der Waals surface area contributed by atoms with E-state index < -0.39 is 0 Å². The first-order valence-electron chi connectivity index (χ1n) is 5.10. The smallest absolute Gasteiger partial charge is 0.159 e. The molecule has 2 rings (SSSR count). The van der Waals surface area contributed by atoms with Gasteiger partial charge in [-0.15, -0.1) is 0 Å². The van der Waals surface area contributed by atoms with Crippen LogP contribution in [0.4, 0.5) is 5.82 Å². The van der Waals surface area contributed by atoms with Gasteiger partial charge in [0.2, 0.25) is 0 Å². The van der Waals surface area contributed by atoms with E-state index >= 15 is 0 Å². The summed E-state index contributed by atoms with van der Waals surface area (Å²) in [6, 6.07) is 3.68. The second-order valence-corrected chi connectivity index (χ2v) is 3.43. The monoisotopic (exact) mass is 218 g/mol. The van der Waals surface area contributed by atoms with Crippen LogP contribution in [0, 0.1) is 6.92 Å². The highest BCUT2D eigenvalue weighted by Crippen LogP contribution is 2.10. The Kier molecular flexibility index (Phi) is 2.82. The summed E-state index contributed by atoms with van der Waals surface area (Å²) < 4.78 is 1.71. The fourth-order valence-corrected chi connectivity index (χ4v) is 1.38. The first-order valence-corrected chi connectivity index (χ1v) is 5.10. The van der Waals surface area contributed by atoms with Crippen LogP contribution in [0.15, 0.2) is 18.3 Å². The highest BCUT2D eigenvalue weighted by molar-refractivity contribution is 5.40. The zero-order chi connectivity index (χ0) is 11.5. The summed E-state index contributed by atoms with van der Waals surface area (Å²) >= 11 is 0. The minimum Gasteiger partial charge on any atom is -0.308 e. The Labute approximate surface area is 93.5 Å². The lowest BCUT2D eigenvalue weighted by Gasteiger charge is -2.06. The summed E-state index contributed by atoms with van der Waals surface area (Å²) in [6.07, 6.45) is 2.61. The van der Waals surface area contributed by atoms with Gasteiger partial charge in [-0.3, -0.25) is 0 Å². The van der Waals surface area contributed by atoms with Crippen LogP contribution in [0.25, 0.3) is 5.82 Å². The van der Waals surface area contributed by atoms with Crippen LogP contribution in [0.3, 0.4) is 0 Å². The van der Waals surface area contributed by atoms with E-state index in [1.807, 2.05) is 26.1 Å². The molecule has 84 valence electrons. The summed E-state index contributed by atoms with van der Waals surface area (Å²) in [6.45, 7) is 3.92. The number of nitrogens with two attached hydrogens (primary N) is 1. The van der Waals surface area contributed by atoms with Gasteiger partial charge in [0.15, 0.2) is 5.82 Å². The molecule has 0 unspecified atom stereocenters. The van der Waals surface area contributed by atoms with Gasteiger partial charge in [-0.05, 0) is 13.0 Å². The number of rotatable bonds is 3. The van der Waals surface area contributed by atoms with Crippen molar-refractivity contribution in [1.82, 2.24) is 19.7 Å². The molecule has 2 aromatic heterocycles. The fraction of sp³-hybridized carbons (Fsp3) is 0.300. The molecule has 0 saturated carbocycles. The largest absolute Gasteiger partial charge is 0.308 e. The summed E-state index contributed by atoms with van der Waals surface area (Å²) in [5, 5.41) is 4.29. The van der Waals surface area contributed by atoms with Crippen LogP contribution < -0.4 is 11.3 Å². The van der Waals surface area contributed by atoms with Crippen molar-refractivity contribution in [2.45, 2.75) is 20.3 Å². The van der Waals surface area contributed by atoms with Gasteiger partial charge < -0.3 is 5.43 Å². The molecule has 16 heavy (non-hydrogen) atoms. The normalized spacial score (nSPS) is 10.4. The predicted octanol–water partition coefficient (Wildman–Crippen LogP) is 0.819. The average Bonchev–Trinajstić information content (AvgIpc) is 2.75. The van der Waals surface area contributed by atoms with Crippen LogP contribution in [-0.2, 0) is 6.42 Å². The quantitative estimate of drug-likeness (QED) is 0.588. The molecule has 0 aliphatic heterocycles. The Morgan fingerprint density at radius 3 is 2.81 bits per heavy atom. The third kappa shape index (κ3) is 2.01. The molecule has 2 aromatic rings. The Balaban J connectivity index is 2.47. The fourth-order valence-electron chi connectivity index (χ4n) is 1.38. The van der Waals surface area contributed by atoms with Crippen molar-refractivity contribution >= 4 is 5.82 Å². The van der Waals surface area contributed by atoms with Crippen LogP contribution in [-0.4, -0.2) is 19.7 Å². The highest BCUT2D eigenvalue weighted by atomic mass is 15.3.